The van der Waals surface area contributed by atoms with Crippen LogP contribution in [-0.4, -0.2) is 24.9 Å². The van der Waals surface area contributed by atoms with E-state index in [1.54, 1.807) is 12.1 Å². The number of nitrogens with one attached hydrogen (secondary N) is 1. The fraction of sp³-hybridized carbons (Fsp3) is 0.571. The molecule has 0 spiro atoms. The van der Waals surface area contributed by atoms with Crippen LogP contribution in [0.25, 0.3) is 0 Å². The molecule has 3 nitrogen and oxygen atoms in total. The molecular formula is C14H21F2NO2. The third-order valence-electron chi connectivity index (χ3n) is 2.87. The van der Waals surface area contributed by atoms with Gasteiger partial charge in [-0.15, -0.1) is 0 Å². The van der Waals surface area contributed by atoms with Gasteiger partial charge in [0.1, 0.15) is 5.75 Å². The minimum Gasteiger partial charge on any atom is -0.435 e. The van der Waals surface area contributed by atoms with E-state index in [1.807, 2.05) is 13.0 Å². The van der Waals surface area contributed by atoms with Crippen molar-refractivity contribution in [1.82, 2.24) is 5.32 Å². The molecule has 0 aromatic heterocycles. The smallest absolute Gasteiger partial charge is 0.387 e. The maximum Gasteiger partial charge on any atom is 0.387 e. The Labute approximate surface area is 112 Å². The van der Waals surface area contributed by atoms with Crippen molar-refractivity contribution in [3.8, 4) is 5.75 Å². The molecule has 0 aliphatic rings. The summed E-state index contributed by atoms with van der Waals surface area (Å²) in [6.07, 6.45) is 2.77. The van der Waals surface area contributed by atoms with E-state index >= 15 is 0 Å². The number of ether oxygens (including phenoxy) is 1. The Balaban J connectivity index is 2.40. The molecule has 1 unspecified atom stereocenters. The number of alkyl halides is 2. The van der Waals surface area contributed by atoms with E-state index in [0.717, 1.165) is 31.4 Å². The van der Waals surface area contributed by atoms with E-state index in [2.05, 4.69) is 10.1 Å². The first-order chi connectivity index (χ1) is 9.13. The molecule has 1 aromatic carbocycles. The Morgan fingerprint density at radius 2 is 2.05 bits per heavy atom. The molecule has 1 atom stereocenters. The number of hydrogen-bond acceptors (Lipinski definition) is 3. The van der Waals surface area contributed by atoms with Crippen LogP contribution >= 0.6 is 0 Å². The second-order valence-electron chi connectivity index (χ2n) is 4.41. The van der Waals surface area contributed by atoms with Gasteiger partial charge in [-0.2, -0.15) is 8.78 Å². The van der Waals surface area contributed by atoms with E-state index in [4.69, 9.17) is 5.11 Å². The van der Waals surface area contributed by atoms with Crippen LogP contribution in [0.4, 0.5) is 8.78 Å². The molecule has 1 rings (SSSR count). The summed E-state index contributed by atoms with van der Waals surface area (Å²) in [4.78, 5) is 0. The summed E-state index contributed by atoms with van der Waals surface area (Å²) in [5.74, 6) is 0.182. The molecule has 108 valence electrons. The lowest BCUT2D eigenvalue weighted by atomic mass is 10.1. The molecule has 0 saturated carbocycles. The van der Waals surface area contributed by atoms with Gasteiger partial charge in [-0.25, -0.2) is 0 Å². The van der Waals surface area contributed by atoms with Crippen LogP contribution in [0.3, 0.4) is 0 Å². The highest BCUT2D eigenvalue weighted by Gasteiger charge is 2.08. The molecular weight excluding hydrogens is 252 g/mol. The van der Waals surface area contributed by atoms with Gasteiger partial charge in [0.25, 0.3) is 0 Å². The van der Waals surface area contributed by atoms with Gasteiger partial charge < -0.3 is 15.2 Å². The standard InChI is InChI=1S/C14H21F2NO2/c1-11(17-8-3-2-4-9-18)12-6-5-7-13(10-12)19-14(15)16/h5-7,10-11,14,17-18H,2-4,8-9H2,1H3. The monoisotopic (exact) mass is 273 g/mol. The van der Waals surface area contributed by atoms with Crippen molar-refractivity contribution in [2.45, 2.75) is 38.8 Å². The van der Waals surface area contributed by atoms with Crippen LogP contribution in [0, 0.1) is 0 Å². The minimum atomic E-state index is -2.79. The third-order valence-corrected chi connectivity index (χ3v) is 2.87. The summed E-state index contributed by atoms with van der Waals surface area (Å²) in [7, 11) is 0. The molecule has 0 amide bonds. The third kappa shape index (κ3) is 6.50. The maximum absolute atomic E-state index is 12.1. The number of aliphatic hydroxyl groups excluding tert-OH is 1. The zero-order chi connectivity index (χ0) is 14.1. The van der Waals surface area contributed by atoms with Gasteiger partial charge in [0, 0.05) is 12.6 Å². The summed E-state index contributed by atoms with van der Waals surface area (Å²) >= 11 is 0. The van der Waals surface area contributed by atoms with Crippen LogP contribution in [0.15, 0.2) is 24.3 Å². The zero-order valence-electron chi connectivity index (χ0n) is 11.1. The molecule has 0 bridgehead atoms. The first-order valence-electron chi connectivity index (χ1n) is 6.52. The molecule has 19 heavy (non-hydrogen) atoms. The Bertz CT molecular complexity index is 361. The van der Waals surface area contributed by atoms with Crippen LogP contribution in [-0.2, 0) is 0 Å². The van der Waals surface area contributed by atoms with Gasteiger partial charge in [-0.3, -0.25) is 0 Å². The van der Waals surface area contributed by atoms with Crippen molar-refractivity contribution in [3.05, 3.63) is 29.8 Å². The fourth-order valence-electron chi connectivity index (χ4n) is 1.81. The summed E-state index contributed by atoms with van der Waals surface area (Å²) < 4.78 is 28.6. The summed E-state index contributed by atoms with van der Waals surface area (Å²) in [6, 6.07) is 6.80. The molecule has 0 heterocycles. The van der Waals surface area contributed by atoms with E-state index in [1.165, 1.54) is 6.07 Å². The molecule has 0 aliphatic heterocycles. The van der Waals surface area contributed by atoms with Crippen molar-refractivity contribution in [3.63, 3.8) is 0 Å². The number of unbranched alkanes of at least 4 members (excludes halogenated alkanes) is 2. The van der Waals surface area contributed by atoms with Gasteiger partial charge in [0.05, 0.1) is 0 Å². The van der Waals surface area contributed by atoms with E-state index in [-0.39, 0.29) is 18.4 Å². The number of rotatable bonds is 9. The first-order valence-corrected chi connectivity index (χ1v) is 6.52. The second kappa shape index (κ2) is 8.82. The zero-order valence-corrected chi connectivity index (χ0v) is 11.1. The lowest BCUT2D eigenvalue weighted by Crippen LogP contribution is -2.20. The van der Waals surface area contributed by atoms with Crippen LogP contribution in [0.2, 0.25) is 0 Å². The van der Waals surface area contributed by atoms with Crippen LogP contribution in [0.5, 0.6) is 5.75 Å². The van der Waals surface area contributed by atoms with Crippen molar-refractivity contribution in [1.29, 1.82) is 0 Å². The highest BCUT2D eigenvalue weighted by atomic mass is 19.3. The molecule has 2 N–H and O–H groups in total. The Morgan fingerprint density at radius 3 is 2.74 bits per heavy atom. The van der Waals surface area contributed by atoms with Crippen molar-refractivity contribution in [2.75, 3.05) is 13.2 Å². The van der Waals surface area contributed by atoms with Crippen LogP contribution < -0.4 is 10.1 Å². The number of halogens is 2. The number of hydrogen-bond donors (Lipinski definition) is 2. The van der Waals surface area contributed by atoms with E-state index < -0.39 is 6.61 Å². The van der Waals surface area contributed by atoms with Gasteiger partial charge in [0.2, 0.25) is 0 Å². The average molecular weight is 273 g/mol. The molecule has 5 heteroatoms. The van der Waals surface area contributed by atoms with Gasteiger partial charge in [-0.05, 0) is 50.4 Å². The van der Waals surface area contributed by atoms with E-state index in [0.29, 0.717) is 0 Å². The SMILES string of the molecule is CC(NCCCCCO)c1cccc(OC(F)F)c1. The largest absolute Gasteiger partial charge is 0.435 e. The first kappa shape index (κ1) is 15.9. The predicted octanol–water partition coefficient (Wildman–Crippen LogP) is 3.10. The summed E-state index contributed by atoms with van der Waals surface area (Å²) in [5.41, 5.74) is 0.917. The van der Waals surface area contributed by atoms with Crippen molar-refractivity contribution in [2.24, 2.45) is 0 Å². The minimum absolute atomic E-state index is 0.0790. The molecule has 0 aliphatic carbocycles. The number of aliphatic hydroxyl groups is 1. The molecule has 1 aromatic rings. The normalized spacial score (nSPS) is 12.7. The van der Waals surface area contributed by atoms with Gasteiger partial charge >= 0.3 is 6.61 Å². The Kier molecular flexibility index (Phi) is 7.36. The molecule has 0 saturated heterocycles. The lowest BCUT2D eigenvalue weighted by Gasteiger charge is -2.15. The second-order valence-corrected chi connectivity index (χ2v) is 4.41. The molecule has 0 radical (unpaired) electrons. The highest BCUT2D eigenvalue weighted by Crippen LogP contribution is 2.20. The quantitative estimate of drug-likeness (QED) is 0.679. The Hall–Kier alpha value is -1.20. The Morgan fingerprint density at radius 1 is 1.26 bits per heavy atom. The molecule has 0 fully saturated rings. The average Bonchev–Trinajstić information content (AvgIpc) is 2.38. The van der Waals surface area contributed by atoms with Gasteiger partial charge in [0.15, 0.2) is 0 Å². The highest BCUT2D eigenvalue weighted by molar-refractivity contribution is 5.30. The maximum atomic E-state index is 12.1. The summed E-state index contributed by atoms with van der Waals surface area (Å²) in [6.45, 7) is 0.244. The predicted molar refractivity (Wildman–Crippen MR) is 70.4 cm³/mol. The topological polar surface area (TPSA) is 41.5 Å². The van der Waals surface area contributed by atoms with Gasteiger partial charge in [-0.1, -0.05) is 12.1 Å². The summed E-state index contributed by atoms with van der Waals surface area (Å²) in [5, 5.41) is 12.0. The van der Waals surface area contributed by atoms with Crippen molar-refractivity contribution >= 4 is 0 Å². The fourth-order valence-corrected chi connectivity index (χ4v) is 1.81. The lowest BCUT2D eigenvalue weighted by molar-refractivity contribution is -0.0499. The number of benzene rings is 1. The van der Waals surface area contributed by atoms with Crippen LogP contribution in [0.1, 0.15) is 37.8 Å². The van der Waals surface area contributed by atoms with Crippen molar-refractivity contribution < 1.29 is 18.6 Å². The van der Waals surface area contributed by atoms with E-state index in [9.17, 15) is 8.78 Å².